The Balaban J connectivity index is 2.45. The van der Waals surface area contributed by atoms with Gasteiger partial charge in [-0.25, -0.2) is 0 Å². The van der Waals surface area contributed by atoms with Gasteiger partial charge in [0.15, 0.2) is 0 Å². The van der Waals surface area contributed by atoms with Crippen molar-refractivity contribution >= 4 is 0 Å². The van der Waals surface area contributed by atoms with E-state index in [2.05, 4.69) is 6.92 Å². The van der Waals surface area contributed by atoms with Gasteiger partial charge in [-0.15, -0.1) is 0 Å². The van der Waals surface area contributed by atoms with Crippen molar-refractivity contribution in [3.05, 3.63) is 0 Å². The highest BCUT2D eigenvalue weighted by Gasteiger charge is 2.28. The van der Waals surface area contributed by atoms with Crippen molar-refractivity contribution in [3.63, 3.8) is 0 Å². The van der Waals surface area contributed by atoms with E-state index in [1.807, 2.05) is 0 Å². The van der Waals surface area contributed by atoms with Gasteiger partial charge in [0.05, 0.1) is 6.10 Å². The lowest BCUT2D eigenvalue weighted by atomic mass is 9.81. The van der Waals surface area contributed by atoms with Gasteiger partial charge < -0.3 is 10.5 Å². The maximum atomic E-state index is 6.02. The van der Waals surface area contributed by atoms with E-state index in [-0.39, 0.29) is 6.04 Å². The number of hydrogen-bond acceptors (Lipinski definition) is 2. The minimum atomic E-state index is 0.277. The Labute approximate surface area is 69.1 Å². The molecule has 1 saturated carbocycles. The molecular weight excluding hydrogens is 138 g/mol. The quantitative estimate of drug-likeness (QED) is 0.660. The molecule has 1 aliphatic carbocycles. The van der Waals surface area contributed by atoms with E-state index >= 15 is 0 Å². The molecule has 0 aromatic carbocycles. The van der Waals surface area contributed by atoms with Crippen molar-refractivity contribution in [2.75, 3.05) is 7.11 Å². The molecule has 0 spiro atoms. The smallest absolute Gasteiger partial charge is 0.0724 e. The largest absolute Gasteiger partial charge is 0.380 e. The maximum Gasteiger partial charge on any atom is 0.0724 e. The van der Waals surface area contributed by atoms with Crippen LogP contribution in [-0.4, -0.2) is 19.3 Å². The fourth-order valence-corrected chi connectivity index (χ4v) is 2.02. The Bertz CT molecular complexity index is 104. The molecule has 0 amide bonds. The van der Waals surface area contributed by atoms with Crippen LogP contribution < -0.4 is 5.73 Å². The fourth-order valence-electron chi connectivity index (χ4n) is 2.02. The van der Waals surface area contributed by atoms with Crippen molar-refractivity contribution < 1.29 is 4.74 Å². The topological polar surface area (TPSA) is 35.2 Å². The molecule has 0 radical (unpaired) electrons. The summed E-state index contributed by atoms with van der Waals surface area (Å²) in [7, 11) is 1.77. The second kappa shape index (κ2) is 4.07. The molecule has 1 fully saturated rings. The first-order chi connectivity index (χ1) is 5.29. The van der Waals surface area contributed by atoms with Crippen LogP contribution >= 0.6 is 0 Å². The van der Waals surface area contributed by atoms with Crippen molar-refractivity contribution in [1.82, 2.24) is 0 Å². The number of hydrogen-bond donors (Lipinski definition) is 1. The normalized spacial score (nSPS) is 39.0. The van der Waals surface area contributed by atoms with E-state index in [1.165, 1.54) is 19.3 Å². The molecule has 0 aromatic heterocycles. The standard InChI is InChI=1S/C9H19NO/c1-3-7-5-4-6-8(11-2)9(7)10/h7-9H,3-6,10H2,1-2H3/t7-,8+,9-/m1/s1. The molecule has 66 valence electrons. The van der Waals surface area contributed by atoms with Crippen LogP contribution in [0.3, 0.4) is 0 Å². The lowest BCUT2D eigenvalue weighted by Crippen LogP contribution is -2.45. The predicted molar refractivity (Wildman–Crippen MR) is 46.4 cm³/mol. The van der Waals surface area contributed by atoms with Gasteiger partial charge in [-0.3, -0.25) is 0 Å². The van der Waals surface area contributed by atoms with E-state index < -0.39 is 0 Å². The summed E-state index contributed by atoms with van der Waals surface area (Å²) in [6.07, 6.45) is 5.23. The molecule has 2 heteroatoms. The van der Waals surface area contributed by atoms with Crippen LogP contribution in [0.25, 0.3) is 0 Å². The third-order valence-electron chi connectivity index (χ3n) is 2.86. The van der Waals surface area contributed by atoms with Crippen molar-refractivity contribution in [2.24, 2.45) is 11.7 Å². The second-order valence-electron chi connectivity index (χ2n) is 3.45. The van der Waals surface area contributed by atoms with Gasteiger partial charge in [0, 0.05) is 13.2 Å². The molecule has 0 heterocycles. The van der Waals surface area contributed by atoms with Crippen LogP contribution in [0.1, 0.15) is 32.6 Å². The molecule has 11 heavy (non-hydrogen) atoms. The Morgan fingerprint density at radius 1 is 1.45 bits per heavy atom. The zero-order chi connectivity index (χ0) is 8.27. The number of ether oxygens (including phenoxy) is 1. The summed E-state index contributed by atoms with van der Waals surface area (Å²) >= 11 is 0. The SMILES string of the molecule is CC[C@@H]1CCC[C@H](OC)[C@@H]1N. The first-order valence-corrected chi connectivity index (χ1v) is 4.58. The van der Waals surface area contributed by atoms with Gasteiger partial charge in [-0.2, -0.15) is 0 Å². The van der Waals surface area contributed by atoms with Gasteiger partial charge in [0.1, 0.15) is 0 Å². The van der Waals surface area contributed by atoms with Crippen LogP contribution in [0.2, 0.25) is 0 Å². The minimum Gasteiger partial charge on any atom is -0.380 e. The van der Waals surface area contributed by atoms with Crippen LogP contribution in [-0.2, 0) is 4.74 Å². The van der Waals surface area contributed by atoms with E-state index in [0.29, 0.717) is 12.0 Å². The Kier molecular flexibility index (Phi) is 3.34. The summed E-state index contributed by atoms with van der Waals surface area (Å²) in [6, 6.07) is 0.277. The molecule has 1 aliphatic rings. The van der Waals surface area contributed by atoms with Crippen LogP contribution in [0.15, 0.2) is 0 Å². The van der Waals surface area contributed by atoms with Gasteiger partial charge >= 0.3 is 0 Å². The van der Waals surface area contributed by atoms with Crippen LogP contribution in [0.5, 0.6) is 0 Å². The van der Waals surface area contributed by atoms with E-state index in [9.17, 15) is 0 Å². The average molecular weight is 157 g/mol. The van der Waals surface area contributed by atoms with Crippen molar-refractivity contribution in [2.45, 2.75) is 44.8 Å². The molecule has 0 bridgehead atoms. The number of methoxy groups -OCH3 is 1. The number of nitrogens with two attached hydrogens (primary N) is 1. The molecule has 0 aromatic rings. The predicted octanol–water partition coefficient (Wildman–Crippen LogP) is 1.54. The molecule has 3 atom stereocenters. The van der Waals surface area contributed by atoms with Gasteiger partial charge in [-0.05, 0) is 18.8 Å². The van der Waals surface area contributed by atoms with Gasteiger partial charge in [0.25, 0.3) is 0 Å². The van der Waals surface area contributed by atoms with E-state index in [1.54, 1.807) is 7.11 Å². The highest BCUT2D eigenvalue weighted by molar-refractivity contribution is 4.84. The van der Waals surface area contributed by atoms with Crippen molar-refractivity contribution in [3.8, 4) is 0 Å². The lowest BCUT2D eigenvalue weighted by Gasteiger charge is -2.34. The first-order valence-electron chi connectivity index (χ1n) is 4.58. The number of rotatable bonds is 2. The summed E-state index contributed by atoms with van der Waals surface area (Å²) in [5, 5.41) is 0. The lowest BCUT2D eigenvalue weighted by molar-refractivity contribution is 0.0307. The second-order valence-corrected chi connectivity index (χ2v) is 3.45. The highest BCUT2D eigenvalue weighted by atomic mass is 16.5. The summed E-state index contributed by atoms with van der Waals surface area (Å²) in [4.78, 5) is 0. The van der Waals surface area contributed by atoms with Gasteiger partial charge in [0.2, 0.25) is 0 Å². The molecule has 0 unspecified atom stereocenters. The van der Waals surface area contributed by atoms with Crippen LogP contribution in [0, 0.1) is 5.92 Å². The monoisotopic (exact) mass is 157 g/mol. The van der Waals surface area contributed by atoms with Gasteiger partial charge in [-0.1, -0.05) is 19.8 Å². The molecule has 1 rings (SSSR count). The van der Waals surface area contributed by atoms with Crippen molar-refractivity contribution in [1.29, 1.82) is 0 Å². The third kappa shape index (κ3) is 1.94. The summed E-state index contributed by atoms with van der Waals surface area (Å²) in [5.41, 5.74) is 6.02. The zero-order valence-corrected chi connectivity index (χ0v) is 7.55. The average Bonchev–Trinajstić information content (AvgIpc) is 2.05. The summed E-state index contributed by atoms with van der Waals surface area (Å²) in [5.74, 6) is 0.689. The fraction of sp³-hybridized carbons (Fsp3) is 1.00. The molecule has 0 aliphatic heterocycles. The van der Waals surface area contributed by atoms with Crippen LogP contribution in [0.4, 0.5) is 0 Å². The maximum absolute atomic E-state index is 6.02. The Morgan fingerprint density at radius 2 is 2.18 bits per heavy atom. The minimum absolute atomic E-state index is 0.277. The molecule has 2 nitrogen and oxygen atoms in total. The van der Waals surface area contributed by atoms with E-state index in [4.69, 9.17) is 10.5 Å². The first kappa shape index (κ1) is 9.01. The molecule has 0 saturated heterocycles. The summed E-state index contributed by atoms with van der Waals surface area (Å²) < 4.78 is 5.31. The Hall–Kier alpha value is -0.0800. The molecule has 2 N–H and O–H groups in total. The zero-order valence-electron chi connectivity index (χ0n) is 7.55. The summed E-state index contributed by atoms with van der Waals surface area (Å²) in [6.45, 7) is 2.21. The molecular formula is C9H19NO. The van der Waals surface area contributed by atoms with E-state index in [0.717, 1.165) is 6.42 Å². The Morgan fingerprint density at radius 3 is 2.73 bits per heavy atom. The third-order valence-corrected chi connectivity index (χ3v) is 2.86. The highest BCUT2D eigenvalue weighted by Crippen LogP contribution is 2.27.